The number of hydrogen-bond donors (Lipinski definition) is 1. The fourth-order valence-corrected chi connectivity index (χ4v) is 8.14. The van der Waals surface area contributed by atoms with E-state index in [1.165, 1.54) is 0 Å². The van der Waals surface area contributed by atoms with Gasteiger partial charge in [-0.25, -0.2) is 4.90 Å². The van der Waals surface area contributed by atoms with Crippen molar-refractivity contribution in [3.8, 4) is 5.75 Å². The number of aromatic hydroxyl groups is 1. The van der Waals surface area contributed by atoms with Crippen LogP contribution in [0.5, 0.6) is 5.75 Å². The molecule has 52 heavy (non-hydrogen) atoms. The van der Waals surface area contributed by atoms with Crippen LogP contribution in [0.25, 0.3) is 22.4 Å². The van der Waals surface area contributed by atoms with Crippen molar-refractivity contribution in [2.45, 2.75) is 51.6 Å². The maximum Gasteiger partial charge on any atom is 0.416 e. The number of hydrogen-bond acceptors (Lipinski definition) is 4. The summed E-state index contributed by atoms with van der Waals surface area (Å²) in [5, 5.41) is 12.1. The van der Waals surface area contributed by atoms with Crippen LogP contribution in [0.2, 0.25) is 0 Å². The van der Waals surface area contributed by atoms with Crippen LogP contribution in [0, 0.1) is 23.7 Å². The molecule has 0 aromatic heterocycles. The van der Waals surface area contributed by atoms with Gasteiger partial charge in [0.15, 0.2) is 0 Å². The van der Waals surface area contributed by atoms with Crippen molar-refractivity contribution in [1.82, 2.24) is 0 Å². The number of carbonyl (C=O) groups is 2. The molecule has 2 fully saturated rings. The molecule has 7 rings (SSSR count). The number of allylic oxidation sites excluding steroid dienone is 2. The van der Waals surface area contributed by atoms with Crippen molar-refractivity contribution in [2.75, 3.05) is 11.5 Å². The summed E-state index contributed by atoms with van der Waals surface area (Å²) in [5.41, 5.74) is 0.790. The molecule has 2 heterocycles. The summed E-state index contributed by atoms with van der Waals surface area (Å²) in [7, 11) is 0. The number of ether oxygens (including phenoxy) is 1. The number of alkyl halides is 6. The SMILES string of the molecule is CC(C)C1=C2[C@@H](CC/C(=C/c3ccc(O)c4ccccc34)c3ccccc3)OC[C@@H]2[C@@H]2C(=O)N(c3cc(C(F)(F)F)cc(C(F)(F)F)c3)C(=O)[C@@H]2C1. The zero-order chi connectivity index (χ0) is 37.1. The van der Waals surface area contributed by atoms with E-state index in [9.17, 15) is 41.0 Å². The Morgan fingerprint density at radius 2 is 1.48 bits per heavy atom. The average molecular weight is 720 g/mol. The van der Waals surface area contributed by atoms with Crippen molar-refractivity contribution >= 4 is 39.9 Å². The third kappa shape index (κ3) is 6.40. The van der Waals surface area contributed by atoms with Crippen LogP contribution >= 0.6 is 0 Å². The van der Waals surface area contributed by atoms with E-state index in [4.69, 9.17) is 4.74 Å². The molecule has 2 amide bonds. The minimum atomic E-state index is -5.14. The van der Waals surface area contributed by atoms with Gasteiger partial charge in [0, 0.05) is 11.3 Å². The van der Waals surface area contributed by atoms with Crippen LogP contribution in [-0.2, 0) is 26.7 Å². The lowest BCUT2D eigenvalue weighted by Gasteiger charge is -2.33. The van der Waals surface area contributed by atoms with Crippen LogP contribution in [0.1, 0.15) is 55.4 Å². The second kappa shape index (κ2) is 13.3. The monoisotopic (exact) mass is 719 g/mol. The summed E-state index contributed by atoms with van der Waals surface area (Å²) < 4.78 is 88.7. The van der Waals surface area contributed by atoms with Gasteiger partial charge in [0.25, 0.3) is 0 Å². The molecular formula is C41H35F6NO4. The molecule has 1 N–H and O–H groups in total. The molecule has 11 heteroatoms. The van der Waals surface area contributed by atoms with Gasteiger partial charge < -0.3 is 9.84 Å². The Hall–Kier alpha value is -4.90. The lowest BCUT2D eigenvalue weighted by Crippen LogP contribution is -2.35. The molecule has 2 aliphatic heterocycles. The number of fused-ring (bicyclic) bond motifs is 4. The largest absolute Gasteiger partial charge is 0.507 e. The number of phenolic OH excluding ortho intramolecular Hbond substituents is 1. The highest BCUT2D eigenvalue weighted by Gasteiger charge is 2.58. The zero-order valence-corrected chi connectivity index (χ0v) is 28.3. The molecule has 0 spiro atoms. The van der Waals surface area contributed by atoms with E-state index in [1.807, 2.05) is 74.5 Å². The molecule has 270 valence electrons. The Kier molecular flexibility index (Phi) is 9.05. The maximum absolute atomic E-state index is 14.0. The molecule has 0 unspecified atom stereocenters. The lowest BCUT2D eigenvalue weighted by molar-refractivity contribution is -0.143. The van der Waals surface area contributed by atoms with Crippen molar-refractivity contribution in [2.24, 2.45) is 23.7 Å². The lowest BCUT2D eigenvalue weighted by atomic mass is 9.67. The van der Waals surface area contributed by atoms with Crippen molar-refractivity contribution < 1.29 is 45.8 Å². The highest BCUT2D eigenvalue weighted by atomic mass is 19.4. The fourth-order valence-electron chi connectivity index (χ4n) is 8.14. The topological polar surface area (TPSA) is 66.8 Å². The first-order valence-corrected chi connectivity index (χ1v) is 17.1. The van der Waals surface area contributed by atoms with Crippen molar-refractivity contribution in [1.29, 1.82) is 0 Å². The van der Waals surface area contributed by atoms with E-state index < -0.39 is 64.8 Å². The molecule has 4 aromatic rings. The number of nitrogens with zero attached hydrogens (tertiary/aromatic N) is 1. The third-order valence-electron chi connectivity index (χ3n) is 10.6. The number of anilines is 1. The normalized spacial score (nSPS) is 22.5. The van der Waals surface area contributed by atoms with E-state index in [-0.39, 0.29) is 30.8 Å². The first-order chi connectivity index (χ1) is 24.6. The summed E-state index contributed by atoms with van der Waals surface area (Å²) >= 11 is 0. The number of imide groups is 1. The van der Waals surface area contributed by atoms with Gasteiger partial charge in [-0.05, 0) is 77.1 Å². The van der Waals surface area contributed by atoms with Gasteiger partial charge in [0.1, 0.15) is 5.75 Å². The Morgan fingerprint density at radius 3 is 2.12 bits per heavy atom. The molecule has 5 nitrogen and oxygen atoms in total. The van der Waals surface area contributed by atoms with Crippen molar-refractivity contribution in [3.05, 3.63) is 118 Å². The van der Waals surface area contributed by atoms with Gasteiger partial charge in [-0.3, -0.25) is 9.59 Å². The number of phenols is 1. The summed E-state index contributed by atoms with van der Waals surface area (Å²) in [4.78, 5) is 28.4. The predicted molar refractivity (Wildman–Crippen MR) is 185 cm³/mol. The highest BCUT2D eigenvalue weighted by molar-refractivity contribution is 6.22. The summed E-state index contributed by atoms with van der Waals surface area (Å²) in [5.74, 6) is -3.98. The third-order valence-corrected chi connectivity index (χ3v) is 10.6. The molecule has 4 atom stereocenters. The molecule has 3 aliphatic rings. The van der Waals surface area contributed by atoms with Crippen LogP contribution in [-0.4, -0.2) is 29.6 Å². The molecule has 0 radical (unpaired) electrons. The first kappa shape index (κ1) is 35.5. The maximum atomic E-state index is 14.0. The quantitative estimate of drug-likeness (QED) is 0.0894. The van der Waals surface area contributed by atoms with E-state index in [0.717, 1.165) is 38.6 Å². The standard InChI is InChI=1S/C41H35F6NO4/c1-22(2)31-20-32-37(39(51)48(38(32)50)28-18-26(40(42,43)44)17-27(19-28)41(45,46)47)33-21-52-35(36(31)33)15-13-24(23-8-4-3-5-9-23)16-25-12-14-34(49)30-11-7-6-10-29(25)30/h3-12,14,16-19,22,32-33,35,37,49H,13,15,20-21H2,1-2H3/b24-16-/t32-,33+,35-,37-/m1/s1. The van der Waals surface area contributed by atoms with Gasteiger partial charge in [-0.1, -0.05) is 86.2 Å². The second-order valence-electron chi connectivity index (χ2n) is 14.0. The van der Waals surface area contributed by atoms with Gasteiger partial charge in [-0.2, -0.15) is 26.3 Å². The van der Waals surface area contributed by atoms with Crippen molar-refractivity contribution in [3.63, 3.8) is 0 Å². The Balaban J connectivity index is 1.21. The van der Waals surface area contributed by atoms with Gasteiger partial charge >= 0.3 is 12.4 Å². The minimum absolute atomic E-state index is 0.0181. The van der Waals surface area contributed by atoms with Crippen LogP contribution in [0.15, 0.2) is 96.1 Å². The summed E-state index contributed by atoms with van der Waals surface area (Å²) in [6, 6.07) is 21.7. The molecule has 1 aliphatic carbocycles. The van der Waals surface area contributed by atoms with Crippen LogP contribution in [0.3, 0.4) is 0 Å². The number of amides is 2. The predicted octanol–water partition coefficient (Wildman–Crippen LogP) is 10.1. The Labute approximate surface area is 296 Å². The van der Waals surface area contributed by atoms with Crippen LogP contribution in [0.4, 0.5) is 32.0 Å². The second-order valence-corrected chi connectivity index (χ2v) is 14.0. The van der Waals surface area contributed by atoms with Gasteiger partial charge in [0.2, 0.25) is 11.8 Å². The Bertz CT molecular complexity index is 2090. The number of benzene rings is 4. The van der Waals surface area contributed by atoms with Gasteiger partial charge in [-0.15, -0.1) is 0 Å². The van der Waals surface area contributed by atoms with E-state index in [2.05, 4.69) is 6.08 Å². The minimum Gasteiger partial charge on any atom is -0.507 e. The molecular weight excluding hydrogens is 684 g/mol. The molecule has 0 saturated carbocycles. The highest BCUT2D eigenvalue weighted by Crippen LogP contribution is 2.53. The first-order valence-electron chi connectivity index (χ1n) is 17.1. The number of halogens is 6. The molecule has 2 saturated heterocycles. The summed E-state index contributed by atoms with van der Waals surface area (Å²) in [6.45, 7) is 4.01. The van der Waals surface area contributed by atoms with Gasteiger partial charge in [0.05, 0.1) is 41.4 Å². The van der Waals surface area contributed by atoms with E-state index in [1.54, 1.807) is 6.07 Å². The van der Waals surface area contributed by atoms with Crippen LogP contribution < -0.4 is 4.90 Å². The molecule has 4 aromatic carbocycles. The smallest absolute Gasteiger partial charge is 0.416 e. The average Bonchev–Trinajstić information content (AvgIpc) is 3.64. The van der Waals surface area contributed by atoms with E-state index in [0.29, 0.717) is 29.9 Å². The summed E-state index contributed by atoms with van der Waals surface area (Å²) in [6.07, 6.45) is -7.38. The zero-order valence-electron chi connectivity index (χ0n) is 28.3. The fraction of sp³-hybridized carbons (Fsp3) is 0.317. The van der Waals surface area contributed by atoms with E-state index >= 15 is 0 Å². The number of carbonyl (C=O) groups excluding carboxylic acids is 2. The number of rotatable bonds is 7. The Morgan fingerprint density at radius 1 is 0.846 bits per heavy atom. The molecule has 0 bridgehead atoms.